The molecule has 9 heteroatoms. The van der Waals surface area contributed by atoms with Gasteiger partial charge in [0.2, 0.25) is 5.91 Å². The Morgan fingerprint density at radius 1 is 1.21 bits per heavy atom. The van der Waals surface area contributed by atoms with Gasteiger partial charge in [0.05, 0.1) is 14.2 Å². The Morgan fingerprint density at radius 3 is 2.68 bits per heavy atom. The molecule has 0 aliphatic heterocycles. The number of carbonyl (C=O) groups is 2. The van der Waals surface area contributed by atoms with Crippen molar-refractivity contribution in [2.45, 2.75) is 19.3 Å². The third-order valence-electron chi connectivity index (χ3n) is 3.87. The Hall–Kier alpha value is -3.20. The minimum Gasteiger partial charge on any atom is -0.479 e. The number of methoxy groups -OCH3 is 2. The number of ether oxygens (including phenoxy) is 2. The molecular formula is C19H19N3O5S. The summed E-state index contributed by atoms with van der Waals surface area (Å²) in [6.07, 6.45) is 1.07. The highest BCUT2D eigenvalue weighted by Crippen LogP contribution is 2.26. The number of thiazole rings is 1. The second kappa shape index (κ2) is 9.14. The highest BCUT2D eigenvalue weighted by atomic mass is 32.1. The van der Waals surface area contributed by atoms with Crippen molar-refractivity contribution in [2.24, 2.45) is 0 Å². The number of benzene rings is 1. The molecule has 3 aromatic rings. The van der Waals surface area contributed by atoms with Crippen LogP contribution in [0.25, 0.3) is 0 Å². The number of hydrogen-bond donors (Lipinski definition) is 1. The lowest BCUT2D eigenvalue weighted by atomic mass is 10.1. The Bertz CT molecular complexity index is 952. The fourth-order valence-corrected chi connectivity index (χ4v) is 3.49. The predicted molar refractivity (Wildman–Crippen MR) is 103 cm³/mol. The molecule has 2 aromatic heterocycles. The summed E-state index contributed by atoms with van der Waals surface area (Å²) < 4.78 is 14.8. The summed E-state index contributed by atoms with van der Waals surface area (Å²) >= 11 is 1.26. The van der Waals surface area contributed by atoms with E-state index in [-0.39, 0.29) is 18.0 Å². The minimum absolute atomic E-state index is 0.180. The number of hydrogen-bond acceptors (Lipinski definition) is 8. The van der Waals surface area contributed by atoms with Gasteiger partial charge in [-0.15, -0.1) is 11.3 Å². The standard InChI is InChI=1S/C19H19N3O5S/c1-25-16-11-13(27-22-16)8-9-15(23)20-19-21-17(18(24)26-2)14(28-19)10-12-6-4-3-5-7-12/h3-7,11H,8-10H2,1-2H3,(H,20,21,23). The first-order chi connectivity index (χ1) is 13.6. The van der Waals surface area contributed by atoms with Crippen LogP contribution in [0, 0.1) is 0 Å². The number of rotatable bonds is 8. The molecule has 8 nitrogen and oxygen atoms in total. The maximum absolute atomic E-state index is 12.2. The highest BCUT2D eigenvalue weighted by molar-refractivity contribution is 7.16. The number of amides is 1. The van der Waals surface area contributed by atoms with Crippen LogP contribution in [0.4, 0.5) is 5.13 Å². The number of nitrogens with zero attached hydrogens (tertiary/aromatic N) is 2. The molecule has 0 aliphatic rings. The van der Waals surface area contributed by atoms with Crippen LogP contribution < -0.4 is 10.1 Å². The number of esters is 1. The number of carbonyl (C=O) groups excluding carboxylic acids is 2. The van der Waals surface area contributed by atoms with Gasteiger partial charge in [-0.2, -0.15) is 0 Å². The molecule has 146 valence electrons. The molecule has 0 atom stereocenters. The Morgan fingerprint density at radius 2 is 2.00 bits per heavy atom. The van der Waals surface area contributed by atoms with Crippen LogP contribution in [0.1, 0.15) is 33.1 Å². The van der Waals surface area contributed by atoms with Crippen LogP contribution in [0.15, 0.2) is 40.9 Å². The maximum Gasteiger partial charge on any atom is 0.357 e. The van der Waals surface area contributed by atoms with Gasteiger partial charge in [-0.3, -0.25) is 4.79 Å². The first-order valence-electron chi connectivity index (χ1n) is 8.50. The Kier molecular flexibility index (Phi) is 6.38. The first-order valence-corrected chi connectivity index (χ1v) is 9.32. The Labute approximate surface area is 165 Å². The zero-order valence-corrected chi connectivity index (χ0v) is 16.2. The van der Waals surface area contributed by atoms with Gasteiger partial charge >= 0.3 is 5.97 Å². The molecule has 28 heavy (non-hydrogen) atoms. The van der Waals surface area contributed by atoms with Gasteiger partial charge in [0, 0.05) is 30.2 Å². The molecule has 0 aliphatic carbocycles. The third kappa shape index (κ3) is 4.95. The van der Waals surface area contributed by atoms with E-state index < -0.39 is 5.97 Å². The second-order valence-corrected chi connectivity index (χ2v) is 6.91. The molecule has 0 saturated carbocycles. The van der Waals surface area contributed by atoms with Crippen LogP contribution in [-0.2, 0) is 22.4 Å². The lowest BCUT2D eigenvalue weighted by Crippen LogP contribution is -2.12. The average Bonchev–Trinajstić information content (AvgIpc) is 3.33. The molecule has 0 spiro atoms. The highest BCUT2D eigenvalue weighted by Gasteiger charge is 2.20. The average molecular weight is 401 g/mol. The van der Waals surface area contributed by atoms with Crippen molar-refractivity contribution < 1.29 is 23.6 Å². The van der Waals surface area contributed by atoms with E-state index in [1.54, 1.807) is 6.07 Å². The SMILES string of the molecule is COC(=O)c1nc(NC(=O)CCc2cc(OC)no2)sc1Cc1ccccc1. The summed E-state index contributed by atoms with van der Waals surface area (Å²) in [5, 5.41) is 6.77. The number of anilines is 1. The molecule has 0 saturated heterocycles. The van der Waals surface area contributed by atoms with Crippen LogP contribution in [-0.4, -0.2) is 36.2 Å². The van der Waals surface area contributed by atoms with Gasteiger partial charge in [0.1, 0.15) is 5.76 Å². The molecule has 0 unspecified atom stereocenters. The molecule has 2 heterocycles. The fraction of sp³-hybridized carbons (Fsp3) is 0.263. The summed E-state index contributed by atoms with van der Waals surface area (Å²) in [6, 6.07) is 11.3. The summed E-state index contributed by atoms with van der Waals surface area (Å²) in [5.74, 6) is 0.137. The minimum atomic E-state index is -0.531. The number of nitrogens with one attached hydrogen (secondary N) is 1. The van der Waals surface area contributed by atoms with Crippen molar-refractivity contribution in [2.75, 3.05) is 19.5 Å². The summed E-state index contributed by atoms with van der Waals surface area (Å²) in [7, 11) is 2.79. The van der Waals surface area contributed by atoms with Crippen molar-refractivity contribution >= 4 is 28.3 Å². The fourth-order valence-electron chi connectivity index (χ4n) is 2.49. The van der Waals surface area contributed by atoms with Gasteiger partial charge < -0.3 is 19.3 Å². The lowest BCUT2D eigenvalue weighted by molar-refractivity contribution is -0.116. The van der Waals surface area contributed by atoms with Crippen LogP contribution in [0.3, 0.4) is 0 Å². The third-order valence-corrected chi connectivity index (χ3v) is 4.85. The molecule has 0 fully saturated rings. The summed E-state index contributed by atoms with van der Waals surface area (Å²) in [4.78, 5) is 29.2. The molecule has 0 bridgehead atoms. The topological polar surface area (TPSA) is 104 Å². The van der Waals surface area contributed by atoms with E-state index in [0.29, 0.717) is 29.6 Å². The maximum atomic E-state index is 12.2. The summed E-state index contributed by atoms with van der Waals surface area (Å²) in [6.45, 7) is 0. The van der Waals surface area contributed by atoms with E-state index in [1.807, 2.05) is 30.3 Å². The number of aryl methyl sites for hydroxylation is 1. The molecule has 1 N–H and O–H groups in total. The molecule has 0 radical (unpaired) electrons. The van der Waals surface area contributed by atoms with E-state index >= 15 is 0 Å². The first kappa shape index (κ1) is 19.6. The zero-order chi connectivity index (χ0) is 19.9. The van der Waals surface area contributed by atoms with Gasteiger partial charge in [-0.25, -0.2) is 9.78 Å². The van der Waals surface area contributed by atoms with E-state index in [0.717, 1.165) is 10.4 Å². The van der Waals surface area contributed by atoms with Crippen molar-refractivity contribution in [3.8, 4) is 5.88 Å². The quantitative estimate of drug-likeness (QED) is 0.579. The largest absolute Gasteiger partial charge is 0.479 e. The van der Waals surface area contributed by atoms with E-state index in [4.69, 9.17) is 14.0 Å². The van der Waals surface area contributed by atoms with Crippen LogP contribution in [0.2, 0.25) is 0 Å². The van der Waals surface area contributed by atoms with E-state index in [2.05, 4.69) is 15.5 Å². The van der Waals surface area contributed by atoms with Gasteiger partial charge in [0.15, 0.2) is 10.8 Å². The van der Waals surface area contributed by atoms with Gasteiger partial charge in [0.25, 0.3) is 5.88 Å². The normalized spacial score (nSPS) is 10.5. The smallest absolute Gasteiger partial charge is 0.357 e. The lowest BCUT2D eigenvalue weighted by Gasteiger charge is -2.00. The van der Waals surface area contributed by atoms with E-state index in [9.17, 15) is 9.59 Å². The number of aromatic nitrogens is 2. The molecule has 1 aromatic carbocycles. The van der Waals surface area contributed by atoms with Crippen molar-refractivity contribution in [3.05, 3.63) is 58.3 Å². The van der Waals surface area contributed by atoms with Crippen molar-refractivity contribution in [1.29, 1.82) is 0 Å². The van der Waals surface area contributed by atoms with E-state index in [1.165, 1.54) is 25.6 Å². The second-order valence-electron chi connectivity index (χ2n) is 5.83. The predicted octanol–water partition coefficient (Wildman–Crippen LogP) is 3.09. The Balaban J connectivity index is 1.67. The molecule has 3 rings (SSSR count). The van der Waals surface area contributed by atoms with Crippen molar-refractivity contribution in [1.82, 2.24) is 10.1 Å². The summed E-state index contributed by atoms with van der Waals surface area (Å²) in [5.41, 5.74) is 1.25. The zero-order valence-electron chi connectivity index (χ0n) is 15.4. The van der Waals surface area contributed by atoms with Crippen LogP contribution in [0.5, 0.6) is 5.88 Å². The molecule has 1 amide bonds. The van der Waals surface area contributed by atoms with Gasteiger partial charge in [-0.05, 0) is 10.7 Å². The van der Waals surface area contributed by atoms with Crippen molar-refractivity contribution in [3.63, 3.8) is 0 Å². The van der Waals surface area contributed by atoms with Crippen LogP contribution >= 0.6 is 11.3 Å². The monoisotopic (exact) mass is 401 g/mol. The van der Waals surface area contributed by atoms with Gasteiger partial charge in [-0.1, -0.05) is 30.3 Å². The molecular weight excluding hydrogens is 382 g/mol.